The first kappa shape index (κ1) is 18.5. The Bertz CT molecular complexity index is 919. The highest BCUT2D eigenvalue weighted by molar-refractivity contribution is 7.47. The van der Waals surface area contributed by atoms with Gasteiger partial charge in [-0.1, -0.05) is 6.92 Å². The molecule has 1 aliphatic carbocycles. The van der Waals surface area contributed by atoms with E-state index < -0.39 is 32.0 Å². The smallest absolute Gasteiger partial charge is 0.390 e. The largest absolute Gasteiger partial charge is 0.472 e. The molecule has 2 aliphatic rings. The van der Waals surface area contributed by atoms with Gasteiger partial charge in [-0.3, -0.25) is 13.8 Å². The van der Waals surface area contributed by atoms with E-state index in [-0.39, 0.29) is 12.5 Å². The maximum Gasteiger partial charge on any atom is 0.472 e. The van der Waals surface area contributed by atoms with Crippen LogP contribution in [0.3, 0.4) is 0 Å². The van der Waals surface area contributed by atoms with Crippen molar-refractivity contribution in [2.75, 3.05) is 11.9 Å². The van der Waals surface area contributed by atoms with Gasteiger partial charge in [0.25, 0.3) is 0 Å². The van der Waals surface area contributed by atoms with E-state index >= 15 is 0 Å². The maximum absolute atomic E-state index is 11.9. The lowest BCUT2D eigenvalue weighted by Gasteiger charge is -2.29. The van der Waals surface area contributed by atoms with Crippen molar-refractivity contribution in [3.05, 3.63) is 12.7 Å². The van der Waals surface area contributed by atoms with E-state index in [4.69, 9.17) is 9.05 Å². The molecule has 1 saturated carbocycles. The molecule has 0 bridgehead atoms. The summed E-state index contributed by atoms with van der Waals surface area (Å²) in [4.78, 5) is 34.0. The van der Waals surface area contributed by atoms with Crippen molar-refractivity contribution in [1.29, 1.82) is 0 Å². The summed E-state index contributed by atoms with van der Waals surface area (Å²) >= 11 is 0. The van der Waals surface area contributed by atoms with Gasteiger partial charge in [-0.05, 0) is 12.8 Å². The molecule has 3 N–H and O–H groups in total. The van der Waals surface area contributed by atoms with Crippen LogP contribution in [0.4, 0.5) is 5.82 Å². The molecule has 2 aromatic heterocycles. The lowest BCUT2D eigenvalue weighted by molar-refractivity contribution is -0.116. The van der Waals surface area contributed by atoms with Crippen LogP contribution in [-0.4, -0.2) is 54.2 Å². The Hall–Kier alpha value is -1.91. The second-order valence-electron chi connectivity index (χ2n) is 6.71. The van der Waals surface area contributed by atoms with Gasteiger partial charge in [0.05, 0.1) is 31.2 Å². The number of fused-ring (bicyclic) bond motifs is 2. The Morgan fingerprint density at radius 3 is 3.04 bits per heavy atom. The van der Waals surface area contributed by atoms with Crippen molar-refractivity contribution in [2.45, 2.75) is 44.4 Å². The molecule has 0 spiro atoms. The summed E-state index contributed by atoms with van der Waals surface area (Å²) in [6.07, 6.45) is 2.76. The van der Waals surface area contributed by atoms with Crippen LogP contribution in [0.5, 0.6) is 0 Å². The van der Waals surface area contributed by atoms with Gasteiger partial charge < -0.3 is 19.9 Å². The van der Waals surface area contributed by atoms with Gasteiger partial charge >= 0.3 is 7.82 Å². The molecule has 1 saturated heterocycles. The third-order valence-electron chi connectivity index (χ3n) is 4.93. The molecular weight excluding hydrogens is 377 g/mol. The third kappa shape index (κ3) is 3.37. The normalized spacial score (nSPS) is 33.1. The zero-order valence-electron chi connectivity index (χ0n) is 14.6. The number of nitrogens with zero attached hydrogens (tertiary/aromatic N) is 4. The number of hydrogen-bond acceptors (Lipinski definition) is 8. The van der Waals surface area contributed by atoms with Crippen LogP contribution >= 0.6 is 7.82 Å². The van der Waals surface area contributed by atoms with E-state index in [0.717, 1.165) is 0 Å². The first-order valence-corrected chi connectivity index (χ1v) is 10.2. The quantitative estimate of drug-likeness (QED) is 0.642. The van der Waals surface area contributed by atoms with E-state index in [1.807, 2.05) is 6.92 Å². The molecule has 1 aliphatic heterocycles. The predicted molar refractivity (Wildman–Crippen MR) is 92.7 cm³/mol. The number of aliphatic hydroxyl groups excluding tert-OH is 1. The molecule has 0 aromatic carbocycles. The molecule has 0 radical (unpaired) electrons. The number of aliphatic hydroxyl groups is 1. The van der Waals surface area contributed by atoms with Crippen LogP contribution < -0.4 is 5.32 Å². The van der Waals surface area contributed by atoms with E-state index in [2.05, 4.69) is 20.3 Å². The van der Waals surface area contributed by atoms with E-state index in [1.54, 1.807) is 4.57 Å². The van der Waals surface area contributed by atoms with Crippen LogP contribution in [-0.2, 0) is 18.4 Å². The van der Waals surface area contributed by atoms with Crippen molar-refractivity contribution < 1.29 is 28.4 Å². The topological polar surface area (TPSA) is 149 Å². The second-order valence-corrected chi connectivity index (χ2v) is 8.12. The average molecular weight is 397 g/mol. The number of aromatic nitrogens is 4. The highest BCUT2D eigenvalue weighted by Gasteiger charge is 2.51. The molecule has 12 heteroatoms. The van der Waals surface area contributed by atoms with Gasteiger partial charge in [-0.2, -0.15) is 0 Å². The first-order valence-electron chi connectivity index (χ1n) is 8.71. The molecule has 2 fully saturated rings. The number of nitrogens with one attached hydrogen (secondary N) is 1. The molecule has 3 heterocycles. The number of hydrogen-bond donors (Lipinski definition) is 3. The minimum absolute atomic E-state index is 0.0595. The lowest BCUT2D eigenvalue weighted by Crippen LogP contribution is -2.34. The fourth-order valence-electron chi connectivity index (χ4n) is 3.65. The number of rotatable bonds is 4. The number of phosphoric ester groups is 1. The summed E-state index contributed by atoms with van der Waals surface area (Å²) in [6.45, 7) is 1.85. The van der Waals surface area contributed by atoms with Crippen molar-refractivity contribution >= 4 is 30.7 Å². The Morgan fingerprint density at radius 1 is 1.44 bits per heavy atom. The highest BCUT2D eigenvalue weighted by Crippen LogP contribution is 2.55. The van der Waals surface area contributed by atoms with Crippen LogP contribution in [0.15, 0.2) is 12.7 Å². The molecule has 5 atom stereocenters. The minimum atomic E-state index is -4.07. The average Bonchev–Trinajstić information content (AvgIpc) is 3.16. The zero-order chi connectivity index (χ0) is 19.2. The number of carbonyl (C=O) groups excluding carboxylic acids is 1. The lowest BCUT2D eigenvalue weighted by atomic mass is 10.0. The van der Waals surface area contributed by atoms with Crippen LogP contribution in [0.2, 0.25) is 0 Å². The SMILES string of the molecule is CCCC(=O)Nc1ncnc2c1ncn2[C@H]1C[C@@H]2OP(=O)(O)OC[C@H]2C1O. The summed E-state index contributed by atoms with van der Waals surface area (Å²) in [7, 11) is -4.07. The van der Waals surface area contributed by atoms with Gasteiger partial charge in [0, 0.05) is 12.3 Å². The molecule has 2 aromatic rings. The Morgan fingerprint density at radius 2 is 2.26 bits per heavy atom. The number of anilines is 1. The van der Waals surface area contributed by atoms with E-state index in [9.17, 15) is 19.4 Å². The predicted octanol–water partition coefficient (Wildman–Crippen LogP) is 1.00. The monoisotopic (exact) mass is 397 g/mol. The third-order valence-corrected chi connectivity index (χ3v) is 5.95. The molecular formula is C15H20N5O6P. The Balaban J connectivity index is 1.63. The maximum atomic E-state index is 11.9. The van der Waals surface area contributed by atoms with Crippen molar-refractivity contribution in [1.82, 2.24) is 19.5 Å². The second kappa shape index (κ2) is 6.92. The highest BCUT2D eigenvalue weighted by atomic mass is 31.2. The van der Waals surface area contributed by atoms with Gasteiger partial charge in [0.1, 0.15) is 6.33 Å². The Labute approximate surface area is 154 Å². The molecule has 2 unspecified atom stereocenters. The molecule has 27 heavy (non-hydrogen) atoms. The Kier molecular flexibility index (Phi) is 4.73. The first-order chi connectivity index (χ1) is 12.9. The summed E-state index contributed by atoms with van der Waals surface area (Å²) in [5.41, 5.74) is 0.863. The fourth-order valence-corrected chi connectivity index (χ4v) is 4.66. The van der Waals surface area contributed by atoms with Gasteiger partial charge in [0.15, 0.2) is 17.0 Å². The molecule has 4 rings (SSSR count). The summed E-state index contributed by atoms with van der Waals surface area (Å²) < 4.78 is 23.3. The van der Waals surface area contributed by atoms with Crippen molar-refractivity contribution in [2.24, 2.45) is 5.92 Å². The number of carbonyl (C=O) groups is 1. The van der Waals surface area contributed by atoms with Crippen LogP contribution in [0, 0.1) is 5.92 Å². The standard InChI is InChI=1S/C15H20N5O6P/c1-2-3-11(21)19-14-12-15(17-6-16-14)20(7-18-12)9-4-10-8(13(9)22)5-25-27(23,24)26-10/h6-10,13,22H,2-5H2,1H3,(H,23,24)(H,16,17,19,21)/t8-,9+,10+,13?/m1/s1. The summed E-state index contributed by atoms with van der Waals surface area (Å²) in [5.74, 6) is -0.281. The summed E-state index contributed by atoms with van der Waals surface area (Å²) in [5, 5.41) is 13.4. The van der Waals surface area contributed by atoms with Gasteiger partial charge in [-0.25, -0.2) is 19.5 Å². The number of amides is 1. The van der Waals surface area contributed by atoms with E-state index in [1.165, 1.54) is 12.7 Å². The van der Waals surface area contributed by atoms with Gasteiger partial charge in [-0.15, -0.1) is 0 Å². The fraction of sp³-hybridized carbons (Fsp3) is 0.600. The van der Waals surface area contributed by atoms with Crippen molar-refractivity contribution in [3.63, 3.8) is 0 Å². The minimum Gasteiger partial charge on any atom is -0.390 e. The molecule has 11 nitrogen and oxygen atoms in total. The number of imidazole rings is 1. The van der Waals surface area contributed by atoms with Gasteiger partial charge in [0.2, 0.25) is 5.91 Å². The molecule has 1 amide bonds. The van der Waals surface area contributed by atoms with Crippen LogP contribution in [0.1, 0.15) is 32.2 Å². The summed E-state index contributed by atoms with van der Waals surface area (Å²) in [6, 6.07) is -0.458. The van der Waals surface area contributed by atoms with E-state index in [0.29, 0.717) is 36.2 Å². The number of phosphoric acid groups is 1. The molecule has 146 valence electrons. The zero-order valence-corrected chi connectivity index (χ0v) is 15.5. The van der Waals surface area contributed by atoms with Crippen LogP contribution in [0.25, 0.3) is 11.2 Å². The van der Waals surface area contributed by atoms with Crippen molar-refractivity contribution in [3.8, 4) is 0 Å².